The quantitative estimate of drug-likeness (QED) is 0.841. The topological polar surface area (TPSA) is 38.3 Å². The van der Waals surface area contributed by atoms with Gasteiger partial charge in [-0.05, 0) is 45.6 Å². The predicted octanol–water partition coefficient (Wildman–Crippen LogP) is 4.31. The SMILES string of the molecule is CCC[C@@H](CCc1ccccc1)NC(=O)OC(C)(C)C. The van der Waals surface area contributed by atoms with Gasteiger partial charge in [-0.25, -0.2) is 4.79 Å². The minimum atomic E-state index is -0.444. The van der Waals surface area contributed by atoms with E-state index in [9.17, 15) is 4.79 Å². The first-order valence-corrected chi connectivity index (χ1v) is 7.44. The third-order valence-corrected chi connectivity index (χ3v) is 2.98. The Morgan fingerprint density at radius 1 is 1.20 bits per heavy atom. The Balaban J connectivity index is 2.46. The summed E-state index contributed by atoms with van der Waals surface area (Å²) in [5.74, 6) is 0. The number of hydrogen-bond acceptors (Lipinski definition) is 2. The van der Waals surface area contributed by atoms with E-state index in [1.807, 2.05) is 39.0 Å². The van der Waals surface area contributed by atoms with Gasteiger partial charge in [0.05, 0.1) is 0 Å². The van der Waals surface area contributed by atoms with Gasteiger partial charge < -0.3 is 10.1 Å². The highest BCUT2D eigenvalue weighted by atomic mass is 16.6. The lowest BCUT2D eigenvalue weighted by Crippen LogP contribution is -2.39. The number of hydrogen-bond donors (Lipinski definition) is 1. The Labute approximate surface area is 122 Å². The van der Waals surface area contributed by atoms with Crippen molar-refractivity contribution in [3.05, 3.63) is 35.9 Å². The zero-order chi connectivity index (χ0) is 15.0. The van der Waals surface area contributed by atoms with E-state index in [1.165, 1.54) is 5.56 Å². The van der Waals surface area contributed by atoms with Crippen molar-refractivity contribution in [2.75, 3.05) is 0 Å². The molecule has 0 unspecified atom stereocenters. The molecule has 0 fully saturated rings. The maximum absolute atomic E-state index is 11.8. The minimum absolute atomic E-state index is 0.176. The monoisotopic (exact) mass is 277 g/mol. The molecule has 1 rings (SSSR count). The van der Waals surface area contributed by atoms with Gasteiger partial charge in [0.2, 0.25) is 0 Å². The minimum Gasteiger partial charge on any atom is -0.444 e. The molecule has 0 aliphatic heterocycles. The number of nitrogens with one attached hydrogen (secondary N) is 1. The van der Waals surface area contributed by atoms with Crippen LogP contribution in [0.5, 0.6) is 0 Å². The lowest BCUT2D eigenvalue weighted by Gasteiger charge is -2.23. The van der Waals surface area contributed by atoms with Crippen molar-refractivity contribution >= 4 is 6.09 Å². The average Bonchev–Trinajstić information content (AvgIpc) is 2.35. The van der Waals surface area contributed by atoms with Gasteiger partial charge >= 0.3 is 6.09 Å². The Kier molecular flexibility index (Phi) is 6.56. The standard InChI is InChI=1S/C17H27NO2/c1-5-9-15(18-16(19)20-17(2,3)4)13-12-14-10-7-6-8-11-14/h6-8,10-11,15H,5,9,12-13H2,1-4H3,(H,18,19)/t15-/m0/s1. The van der Waals surface area contributed by atoms with Gasteiger partial charge in [0.15, 0.2) is 0 Å². The Morgan fingerprint density at radius 3 is 2.40 bits per heavy atom. The first-order chi connectivity index (χ1) is 9.40. The normalized spacial score (nSPS) is 12.8. The van der Waals surface area contributed by atoms with Crippen molar-refractivity contribution < 1.29 is 9.53 Å². The largest absolute Gasteiger partial charge is 0.444 e. The summed E-state index contributed by atoms with van der Waals surface area (Å²) < 4.78 is 5.32. The number of benzene rings is 1. The number of alkyl carbamates (subject to hydrolysis) is 1. The number of ether oxygens (including phenoxy) is 1. The van der Waals surface area contributed by atoms with Gasteiger partial charge in [-0.2, -0.15) is 0 Å². The van der Waals surface area contributed by atoms with Crippen LogP contribution >= 0.6 is 0 Å². The van der Waals surface area contributed by atoms with Crippen LogP contribution in [0.1, 0.15) is 52.5 Å². The second-order valence-corrected chi connectivity index (χ2v) is 6.16. The molecule has 1 amide bonds. The maximum Gasteiger partial charge on any atom is 0.407 e. The van der Waals surface area contributed by atoms with E-state index in [4.69, 9.17) is 4.74 Å². The summed E-state index contributed by atoms with van der Waals surface area (Å²) in [5, 5.41) is 2.98. The molecule has 0 saturated carbocycles. The number of carbonyl (C=O) groups excluding carboxylic acids is 1. The van der Waals surface area contributed by atoms with Crippen LogP contribution in [0.3, 0.4) is 0 Å². The molecule has 0 saturated heterocycles. The Hall–Kier alpha value is -1.51. The Bertz CT molecular complexity index is 395. The summed E-state index contributed by atoms with van der Waals surface area (Å²) in [6.07, 6.45) is 3.63. The van der Waals surface area contributed by atoms with Crippen LogP contribution in [0.15, 0.2) is 30.3 Å². The van der Waals surface area contributed by atoms with Crippen LogP contribution in [0.25, 0.3) is 0 Å². The summed E-state index contributed by atoms with van der Waals surface area (Å²) in [6, 6.07) is 10.5. The van der Waals surface area contributed by atoms with Crippen LogP contribution in [-0.4, -0.2) is 17.7 Å². The number of amides is 1. The number of carbonyl (C=O) groups is 1. The average molecular weight is 277 g/mol. The summed E-state index contributed by atoms with van der Waals surface area (Å²) in [6.45, 7) is 7.77. The van der Waals surface area contributed by atoms with Gasteiger partial charge in [-0.1, -0.05) is 43.7 Å². The van der Waals surface area contributed by atoms with Crippen LogP contribution in [0.2, 0.25) is 0 Å². The molecular formula is C17H27NO2. The molecule has 1 N–H and O–H groups in total. The van der Waals surface area contributed by atoms with Crippen molar-refractivity contribution in [3.63, 3.8) is 0 Å². The molecule has 0 aliphatic carbocycles. The van der Waals surface area contributed by atoms with E-state index in [0.717, 1.165) is 25.7 Å². The molecule has 112 valence electrons. The van der Waals surface area contributed by atoms with Crippen LogP contribution in [0.4, 0.5) is 4.79 Å². The summed E-state index contributed by atoms with van der Waals surface area (Å²) in [4.78, 5) is 11.8. The van der Waals surface area contributed by atoms with E-state index < -0.39 is 5.60 Å². The number of rotatable bonds is 6. The van der Waals surface area contributed by atoms with Gasteiger partial charge in [-0.15, -0.1) is 0 Å². The summed E-state index contributed by atoms with van der Waals surface area (Å²) in [7, 11) is 0. The van der Waals surface area contributed by atoms with Gasteiger partial charge in [-0.3, -0.25) is 0 Å². The summed E-state index contributed by atoms with van der Waals surface area (Å²) in [5.41, 5.74) is 0.861. The van der Waals surface area contributed by atoms with Crippen molar-refractivity contribution in [3.8, 4) is 0 Å². The molecule has 0 radical (unpaired) electrons. The molecule has 1 aromatic rings. The molecule has 0 spiro atoms. The van der Waals surface area contributed by atoms with Crippen LogP contribution < -0.4 is 5.32 Å². The van der Waals surface area contributed by atoms with Crippen molar-refractivity contribution in [1.82, 2.24) is 5.32 Å². The van der Waals surface area contributed by atoms with Crippen LogP contribution in [-0.2, 0) is 11.2 Å². The molecule has 0 aliphatic rings. The lowest BCUT2D eigenvalue weighted by atomic mass is 10.0. The fourth-order valence-electron chi connectivity index (χ4n) is 2.10. The molecule has 1 atom stereocenters. The molecule has 3 nitrogen and oxygen atoms in total. The molecular weight excluding hydrogens is 250 g/mol. The highest BCUT2D eigenvalue weighted by Crippen LogP contribution is 2.11. The fraction of sp³-hybridized carbons (Fsp3) is 0.588. The van der Waals surface area contributed by atoms with Gasteiger partial charge in [0, 0.05) is 6.04 Å². The maximum atomic E-state index is 11.8. The third kappa shape index (κ3) is 7.17. The zero-order valence-corrected chi connectivity index (χ0v) is 13.1. The number of aryl methyl sites for hydroxylation is 1. The van der Waals surface area contributed by atoms with Gasteiger partial charge in [0.25, 0.3) is 0 Å². The second kappa shape index (κ2) is 7.93. The zero-order valence-electron chi connectivity index (χ0n) is 13.1. The van der Waals surface area contributed by atoms with Crippen molar-refractivity contribution in [2.45, 2.75) is 65.0 Å². The molecule has 0 aromatic heterocycles. The summed E-state index contributed by atoms with van der Waals surface area (Å²) >= 11 is 0. The highest BCUT2D eigenvalue weighted by molar-refractivity contribution is 5.68. The third-order valence-electron chi connectivity index (χ3n) is 2.98. The Morgan fingerprint density at radius 2 is 1.85 bits per heavy atom. The first kappa shape index (κ1) is 16.5. The molecule has 0 bridgehead atoms. The van der Waals surface area contributed by atoms with E-state index in [1.54, 1.807) is 0 Å². The van der Waals surface area contributed by atoms with Gasteiger partial charge in [0.1, 0.15) is 5.60 Å². The van der Waals surface area contributed by atoms with Crippen molar-refractivity contribution in [1.29, 1.82) is 0 Å². The van der Waals surface area contributed by atoms with E-state index >= 15 is 0 Å². The molecule has 1 aromatic carbocycles. The first-order valence-electron chi connectivity index (χ1n) is 7.44. The van der Waals surface area contributed by atoms with E-state index in [0.29, 0.717) is 0 Å². The van der Waals surface area contributed by atoms with E-state index in [-0.39, 0.29) is 12.1 Å². The predicted molar refractivity (Wildman–Crippen MR) is 82.8 cm³/mol. The van der Waals surface area contributed by atoms with E-state index in [2.05, 4.69) is 24.4 Å². The second-order valence-electron chi connectivity index (χ2n) is 6.16. The molecule has 3 heteroatoms. The smallest absolute Gasteiger partial charge is 0.407 e. The molecule has 20 heavy (non-hydrogen) atoms. The van der Waals surface area contributed by atoms with Crippen molar-refractivity contribution in [2.24, 2.45) is 0 Å². The lowest BCUT2D eigenvalue weighted by molar-refractivity contribution is 0.0499. The molecule has 0 heterocycles. The fourth-order valence-corrected chi connectivity index (χ4v) is 2.10. The highest BCUT2D eigenvalue weighted by Gasteiger charge is 2.19. The van der Waals surface area contributed by atoms with Crippen LogP contribution in [0, 0.1) is 0 Å².